The van der Waals surface area contributed by atoms with E-state index in [-0.39, 0.29) is 0 Å². The predicted octanol–water partition coefficient (Wildman–Crippen LogP) is 2.93. The molecule has 1 aromatic carbocycles. The first-order chi connectivity index (χ1) is 10.1. The van der Waals surface area contributed by atoms with Gasteiger partial charge in [0.15, 0.2) is 0 Å². The summed E-state index contributed by atoms with van der Waals surface area (Å²) >= 11 is 0. The van der Waals surface area contributed by atoms with Crippen LogP contribution in [0.1, 0.15) is 42.8 Å². The van der Waals surface area contributed by atoms with E-state index < -0.39 is 5.60 Å². The normalized spacial score (nSPS) is 21.3. The Balaban J connectivity index is 1.83. The van der Waals surface area contributed by atoms with E-state index >= 15 is 0 Å². The molecule has 1 N–H and O–H groups in total. The van der Waals surface area contributed by atoms with Gasteiger partial charge in [0.1, 0.15) is 0 Å². The van der Waals surface area contributed by atoms with Crippen LogP contribution in [0.25, 0.3) is 0 Å². The van der Waals surface area contributed by atoms with E-state index in [2.05, 4.69) is 49.3 Å². The Morgan fingerprint density at radius 1 is 1.24 bits per heavy atom. The minimum absolute atomic E-state index is 0.633. The second kappa shape index (κ2) is 5.64. The third-order valence-corrected chi connectivity index (χ3v) is 4.58. The molecule has 0 spiro atoms. The Morgan fingerprint density at radius 2 is 2.00 bits per heavy atom. The second-order valence-electron chi connectivity index (χ2n) is 6.14. The number of nitrogens with zero attached hydrogens (tertiary/aromatic N) is 2. The summed E-state index contributed by atoms with van der Waals surface area (Å²) in [4.78, 5) is 0. The fourth-order valence-electron chi connectivity index (χ4n) is 3.38. The first-order valence-corrected chi connectivity index (χ1v) is 7.98. The lowest BCUT2D eigenvalue weighted by Gasteiger charge is -2.33. The fourth-order valence-corrected chi connectivity index (χ4v) is 3.38. The highest BCUT2D eigenvalue weighted by atomic mass is 16.3. The summed E-state index contributed by atoms with van der Waals surface area (Å²) in [7, 11) is 0. The van der Waals surface area contributed by atoms with Gasteiger partial charge in [-0.25, -0.2) is 0 Å². The minimum Gasteiger partial charge on any atom is -0.389 e. The summed E-state index contributed by atoms with van der Waals surface area (Å²) in [6, 6.07) is 10.6. The zero-order valence-corrected chi connectivity index (χ0v) is 13.0. The molecular formula is C18H24N2O. The van der Waals surface area contributed by atoms with E-state index in [1.807, 2.05) is 4.68 Å². The smallest absolute Gasteiger partial charge is 0.0746 e. The van der Waals surface area contributed by atoms with Gasteiger partial charge in [0.25, 0.3) is 0 Å². The predicted molar refractivity (Wildman–Crippen MR) is 84.4 cm³/mol. The molecule has 0 aliphatic heterocycles. The Morgan fingerprint density at radius 3 is 2.71 bits per heavy atom. The van der Waals surface area contributed by atoms with Crippen LogP contribution in [-0.4, -0.2) is 20.5 Å². The minimum atomic E-state index is -0.633. The molecule has 112 valence electrons. The van der Waals surface area contributed by atoms with Gasteiger partial charge in [-0.15, -0.1) is 0 Å². The average molecular weight is 284 g/mol. The molecule has 1 heterocycles. The molecule has 3 heteroatoms. The molecule has 1 aliphatic rings. The van der Waals surface area contributed by atoms with Crippen molar-refractivity contribution in [3.8, 4) is 0 Å². The highest BCUT2D eigenvalue weighted by molar-refractivity contribution is 5.32. The molecule has 3 nitrogen and oxygen atoms in total. The summed E-state index contributed by atoms with van der Waals surface area (Å²) in [5.74, 6) is 0. The summed E-state index contributed by atoms with van der Waals surface area (Å²) < 4.78 is 2.04. The third kappa shape index (κ3) is 2.88. The summed E-state index contributed by atoms with van der Waals surface area (Å²) in [6.07, 6.45) is 4.19. The first kappa shape index (κ1) is 14.3. The lowest BCUT2D eigenvalue weighted by molar-refractivity contribution is 0.0248. The lowest BCUT2D eigenvalue weighted by Crippen LogP contribution is -2.38. The number of fused-ring (bicyclic) bond motifs is 1. The number of aliphatic hydroxyl groups is 1. The van der Waals surface area contributed by atoms with Crippen molar-refractivity contribution in [3.63, 3.8) is 0 Å². The summed E-state index contributed by atoms with van der Waals surface area (Å²) in [5, 5.41) is 15.6. The maximum atomic E-state index is 11.0. The van der Waals surface area contributed by atoms with E-state index in [0.717, 1.165) is 43.6 Å². The second-order valence-corrected chi connectivity index (χ2v) is 6.14. The van der Waals surface area contributed by atoms with Gasteiger partial charge in [-0.1, -0.05) is 31.2 Å². The van der Waals surface area contributed by atoms with Crippen molar-refractivity contribution in [2.75, 3.05) is 0 Å². The Hall–Kier alpha value is -1.61. The van der Waals surface area contributed by atoms with Crippen molar-refractivity contribution in [2.45, 2.75) is 58.1 Å². The zero-order valence-electron chi connectivity index (χ0n) is 13.0. The molecule has 1 aromatic heterocycles. The van der Waals surface area contributed by atoms with Gasteiger partial charge in [0.2, 0.25) is 0 Å². The third-order valence-electron chi connectivity index (χ3n) is 4.58. The summed E-state index contributed by atoms with van der Waals surface area (Å²) in [5.41, 5.74) is 4.33. The molecule has 2 aromatic rings. The molecule has 0 amide bonds. The number of hydrogen-bond donors (Lipinski definition) is 1. The van der Waals surface area contributed by atoms with Crippen molar-refractivity contribution in [1.82, 2.24) is 9.78 Å². The van der Waals surface area contributed by atoms with E-state index in [4.69, 9.17) is 0 Å². The number of hydrogen-bond acceptors (Lipinski definition) is 2. The van der Waals surface area contributed by atoms with Crippen LogP contribution >= 0.6 is 0 Å². The van der Waals surface area contributed by atoms with E-state index in [1.165, 1.54) is 11.1 Å². The van der Waals surface area contributed by atoms with Crippen molar-refractivity contribution in [2.24, 2.45) is 0 Å². The fraction of sp³-hybridized carbons (Fsp3) is 0.500. The molecule has 3 rings (SSSR count). The summed E-state index contributed by atoms with van der Waals surface area (Å²) in [6.45, 7) is 5.09. The number of aryl methyl sites for hydroxylation is 3. The molecule has 1 aliphatic carbocycles. The first-order valence-electron chi connectivity index (χ1n) is 7.98. The van der Waals surface area contributed by atoms with Crippen LogP contribution in [0.15, 0.2) is 30.3 Å². The highest BCUT2D eigenvalue weighted by Crippen LogP contribution is 2.31. The largest absolute Gasteiger partial charge is 0.389 e. The van der Waals surface area contributed by atoms with E-state index in [1.54, 1.807) is 0 Å². The van der Waals surface area contributed by atoms with Crippen LogP contribution in [0.5, 0.6) is 0 Å². The molecule has 0 fully saturated rings. The zero-order chi connectivity index (χ0) is 14.9. The Kier molecular flexibility index (Phi) is 3.85. The maximum Gasteiger partial charge on any atom is 0.0746 e. The number of rotatable bonds is 4. The lowest BCUT2D eigenvalue weighted by atomic mass is 9.78. The van der Waals surface area contributed by atoms with Crippen molar-refractivity contribution in [3.05, 3.63) is 52.8 Å². The van der Waals surface area contributed by atoms with Crippen LogP contribution in [0.3, 0.4) is 0 Å². The monoisotopic (exact) mass is 284 g/mol. The van der Waals surface area contributed by atoms with Gasteiger partial charge in [-0.2, -0.15) is 5.10 Å². The number of benzene rings is 1. The van der Waals surface area contributed by atoms with Crippen LogP contribution in [0, 0.1) is 0 Å². The standard InChI is InChI=1S/C18H24N2O/c1-3-16-11-17(20(4-2)19-16)13-18(21)10-9-14-7-5-6-8-15(14)12-18/h5-8,11,21H,3-4,9-10,12-13H2,1-2H3. The molecule has 0 saturated carbocycles. The van der Waals surface area contributed by atoms with Crippen molar-refractivity contribution >= 4 is 0 Å². The van der Waals surface area contributed by atoms with Crippen LogP contribution < -0.4 is 0 Å². The van der Waals surface area contributed by atoms with Gasteiger partial charge in [0.05, 0.1) is 11.3 Å². The van der Waals surface area contributed by atoms with Crippen LogP contribution in [-0.2, 0) is 32.2 Å². The quantitative estimate of drug-likeness (QED) is 0.937. The van der Waals surface area contributed by atoms with Gasteiger partial charge in [-0.05, 0) is 43.4 Å². The van der Waals surface area contributed by atoms with Gasteiger partial charge < -0.3 is 5.11 Å². The van der Waals surface area contributed by atoms with Crippen molar-refractivity contribution in [1.29, 1.82) is 0 Å². The highest BCUT2D eigenvalue weighted by Gasteiger charge is 2.33. The maximum absolute atomic E-state index is 11.0. The van der Waals surface area contributed by atoms with Gasteiger partial charge >= 0.3 is 0 Å². The Labute approximate surface area is 126 Å². The molecule has 0 radical (unpaired) electrons. The molecule has 21 heavy (non-hydrogen) atoms. The van der Waals surface area contributed by atoms with Crippen LogP contribution in [0.2, 0.25) is 0 Å². The molecule has 0 saturated heterocycles. The topological polar surface area (TPSA) is 38.0 Å². The Bertz CT molecular complexity index is 632. The van der Waals surface area contributed by atoms with Gasteiger partial charge in [0, 0.05) is 25.1 Å². The van der Waals surface area contributed by atoms with Crippen LogP contribution in [0.4, 0.5) is 0 Å². The SMILES string of the molecule is CCc1cc(CC2(O)CCc3ccccc3C2)n(CC)n1. The van der Waals surface area contributed by atoms with Gasteiger partial charge in [-0.3, -0.25) is 4.68 Å². The number of aromatic nitrogens is 2. The average Bonchev–Trinajstić information content (AvgIpc) is 2.88. The molecular weight excluding hydrogens is 260 g/mol. The molecule has 1 atom stereocenters. The van der Waals surface area contributed by atoms with E-state index in [9.17, 15) is 5.11 Å². The molecule has 0 bridgehead atoms. The van der Waals surface area contributed by atoms with E-state index in [0.29, 0.717) is 6.42 Å². The van der Waals surface area contributed by atoms with Crippen molar-refractivity contribution < 1.29 is 5.11 Å². The molecule has 1 unspecified atom stereocenters.